The SMILES string of the molecule is Oc1ccc(-c2ccc(-c3cc(C4CCCCC4)c(O)c(C4CCCCC4)c3)cc2)cc1. The molecule has 2 aliphatic carbocycles. The van der Waals surface area contributed by atoms with Crippen LogP contribution in [-0.2, 0) is 0 Å². The lowest BCUT2D eigenvalue weighted by molar-refractivity contribution is 0.393. The summed E-state index contributed by atoms with van der Waals surface area (Å²) in [5, 5.41) is 20.9. The third kappa shape index (κ3) is 4.41. The lowest BCUT2D eigenvalue weighted by Crippen LogP contribution is -2.09. The lowest BCUT2D eigenvalue weighted by Gasteiger charge is -2.28. The van der Waals surface area contributed by atoms with Crippen LogP contribution in [-0.4, -0.2) is 10.2 Å². The van der Waals surface area contributed by atoms with Crippen LogP contribution < -0.4 is 0 Å². The average molecular weight is 427 g/mol. The van der Waals surface area contributed by atoms with E-state index < -0.39 is 0 Å². The van der Waals surface area contributed by atoms with Crippen molar-refractivity contribution in [2.75, 3.05) is 0 Å². The molecular formula is C30H34O2. The Morgan fingerprint density at radius 3 is 1.28 bits per heavy atom. The van der Waals surface area contributed by atoms with Gasteiger partial charge in [0.15, 0.2) is 0 Å². The summed E-state index contributed by atoms with van der Waals surface area (Å²) in [6.07, 6.45) is 12.5. The van der Waals surface area contributed by atoms with Crippen LogP contribution in [0.15, 0.2) is 60.7 Å². The van der Waals surface area contributed by atoms with Gasteiger partial charge >= 0.3 is 0 Å². The highest BCUT2D eigenvalue weighted by atomic mass is 16.3. The molecule has 3 aromatic carbocycles. The monoisotopic (exact) mass is 426 g/mol. The van der Waals surface area contributed by atoms with Crippen LogP contribution in [0.3, 0.4) is 0 Å². The topological polar surface area (TPSA) is 40.5 Å². The minimum absolute atomic E-state index is 0.292. The van der Waals surface area contributed by atoms with E-state index in [0.29, 0.717) is 23.3 Å². The summed E-state index contributed by atoms with van der Waals surface area (Å²) in [4.78, 5) is 0. The van der Waals surface area contributed by atoms with Crippen molar-refractivity contribution in [3.8, 4) is 33.8 Å². The van der Waals surface area contributed by atoms with Crippen LogP contribution in [0.1, 0.15) is 87.2 Å². The maximum absolute atomic E-state index is 11.4. The summed E-state index contributed by atoms with van der Waals surface area (Å²) < 4.78 is 0. The molecule has 2 N–H and O–H groups in total. The van der Waals surface area contributed by atoms with E-state index in [1.165, 1.54) is 86.5 Å². The molecule has 0 heterocycles. The maximum Gasteiger partial charge on any atom is 0.122 e. The standard InChI is InChI=1S/C30H34O2/c31-27-17-15-22(16-18-27)21-11-13-23(14-12-21)26-19-28(24-7-3-1-4-8-24)30(32)29(20-26)25-9-5-2-6-10-25/h11-20,24-25,31-32H,1-10H2. The number of rotatable bonds is 4. The first kappa shape index (κ1) is 21.1. The predicted molar refractivity (Wildman–Crippen MR) is 132 cm³/mol. The Labute approximate surface area is 192 Å². The van der Waals surface area contributed by atoms with E-state index in [1.807, 2.05) is 12.1 Å². The first-order valence-corrected chi connectivity index (χ1v) is 12.5. The van der Waals surface area contributed by atoms with E-state index in [-0.39, 0.29) is 0 Å². The molecule has 2 nitrogen and oxygen atoms in total. The number of benzene rings is 3. The molecular weight excluding hydrogens is 392 g/mol. The Bertz CT molecular complexity index is 998. The Morgan fingerprint density at radius 1 is 0.469 bits per heavy atom. The van der Waals surface area contributed by atoms with Gasteiger partial charge in [0.25, 0.3) is 0 Å². The van der Waals surface area contributed by atoms with Crippen molar-refractivity contribution in [1.82, 2.24) is 0 Å². The van der Waals surface area contributed by atoms with Crippen molar-refractivity contribution in [3.63, 3.8) is 0 Å². The van der Waals surface area contributed by atoms with Crippen LogP contribution in [0, 0.1) is 0 Å². The molecule has 5 rings (SSSR count). The third-order valence-corrected chi connectivity index (χ3v) is 7.68. The molecule has 0 radical (unpaired) electrons. The zero-order valence-corrected chi connectivity index (χ0v) is 18.9. The second-order valence-electron chi connectivity index (χ2n) is 9.80. The van der Waals surface area contributed by atoms with Crippen LogP contribution >= 0.6 is 0 Å². The van der Waals surface area contributed by atoms with Crippen molar-refractivity contribution >= 4 is 0 Å². The second-order valence-corrected chi connectivity index (χ2v) is 9.80. The van der Waals surface area contributed by atoms with E-state index in [2.05, 4.69) is 36.4 Å². The molecule has 166 valence electrons. The molecule has 2 heteroatoms. The zero-order valence-electron chi connectivity index (χ0n) is 18.9. The van der Waals surface area contributed by atoms with Gasteiger partial charge in [-0.05, 0) is 95.2 Å². The summed E-state index contributed by atoms with van der Waals surface area (Å²) in [7, 11) is 0. The maximum atomic E-state index is 11.4. The fraction of sp³-hybridized carbons (Fsp3) is 0.400. The quantitative estimate of drug-likeness (QED) is 0.439. The number of phenolic OH excluding ortho intramolecular Hbond substituents is 2. The highest BCUT2D eigenvalue weighted by Gasteiger charge is 2.25. The Hall–Kier alpha value is -2.74. The molecule has 0 atom stereocenters. The first-order chi connectivity index (χ1) is 15.7. The molecule has 0 amide bonds. The van der Waals surface area contributed by atoms with Crippen molar-refractivity contribution in [3.05, 3.63) is 71.8 Å². The first-order valence-electron chi connectivity index (χ1n) is 12.5. The van der Waals surface area contributed by atoms with E-state index in [1.54, 1.807) is 12.1 Å². The van der Waals surface area contributed by atoms with Gasteiger partial charge < -0.3 is 10.2 Å². The normalized spacial score (nSPS) is 18.0. The molecule has 2 saturated carbocycles. The van der Waals surface area contributed by atoms with E-state index >= 15 is 0 Å². The van der Waals surface area contributed by atoms with Crippen LogP contribution in [0.2, 0.25) is 0 Å². The summed E-state index contributed by atoms with van der Waals surface area (Å²) in [6.45, 7) is 0. The number of hydrogen-bond acceptors (Lipinski definition) is 2. The highest BCUT2D eigenvalue weighted by Crippen LogP contribution is 2.46. The molecule has 0 unspecified atom stereocenters. The largest absolute Gasteiger partial charge is 0.508 e. The third-order valence-electron chi connectivity index (χ3n) is 7.68. The Kier molecular flexibility index (Phi) is 6.21. The van der Waals surface area contributed by atoms with Crippen LogP contribution in [0.25, 0.3) is 22.3 Å². The Morgan fingerprint density at radius 2 is 0.844 bits per heavy atom. The highest BCUT2D eigenvalue weighted by molar-refractivity contribution is 5.73. The van der Waals surface area contributed by atoms with E-state index in [0.717, 1.165) is 11.1 Å². The molecule has 2 fully saturated rings. The number of hydrogen-bond donors (Lipinski definition) is 2. The molecule has 2 aliphatic rings. The molecule has 0 bridgehead atoms. The van der Waals surface area contributed by atoms with Crippen molar-refractivity contribution in [2.45, 2.75) is 76.0 Å². The van der Waals surface area contributed by atoms with Gasteiger partial charge in [-0.3, -0.25) is 0 Å². The van der Waals surface area contributed by atoms with Gasteiger partial charge in [-0.1, -0.05) is 74.9 Å². The molecule has 0 aromatic heterocycles. The minimum Gasteiger partial charge on any atom is -0.508 e. The van der Waals surface area contributed by atoms with Crippen LogP contribution in [0.5, 0.6) is 11.5 Å². The second kappa shape index (κ2) is 9.40. The van der Waals surface area contributed by atoms with Crippen molar-refractivity contribution in [2.24, 2.45) is 0 Å². The van der Waals surface area contributed by atoms with Gasteiger partial charge in [0.2, 0.25) is 0 Å². The summed E-state index contributed by atoms with van der Waals surface area (Å²) in [5.41, 5.74) is 7.07. The van der Waals surface area contributed by atoms with Gasteiger partial charge in [-0.25, -0.2) is 0 Å². The summed E-state index contributed by atoms with van der Waals surface area (Å²) in [5.74, 6) is 1.86. The van der Waals surface area contributed by atoms with Gasteiger partial charge in [0.1, 0.15) is 11.5 Å². The van der Waals surface area contributed by atoms with Crippen molar-refractivity contribution in [1.29, 1.82) is 0 Å². The lowest BCUT2D eigenvalue weighted by atomic mass is 9.77. The zero-order chi connectivity index (χ0) is 21.9. The predicted octanol–water partition coefficient (Wildman–Crippen LogP) is 8.53. The molecule has 0 aliphatic heterocycles. The van der Waals surface area contributed by atoms with Gasteiger partial charge in [-0.15, -0.1) is 0 Å². The fourth-order valence-electron chi connectivity index (χ4n) is 5.81. The molecule has 0 spiro atoms. The molecule has 32 heavy (non-hydrogen) atoms. The average Bonchev–Trinajstić information content (AvgIpc) is 2.86. The number of phenols is 2. The smallest absolute Gasteiger partial charge is 0.122 e. The fourth-order valence-corrected chi connectivity index (χ4v) is 5.81. The summed E-state index contributed by atoms with van der Waals surface area (Å²) in [6, 6.07) is 20.6. The minimum atomic E-state index is 0.292. The Balaban J connectivity index is 1.52. The van der Waals surface area contributed by atoms with Gasteiger partial charge in [0.05, 0.1) is 0 Å². The van der Waals surface area contributed by atoms with Gasteiger partial charge in [0, 0.05) is 0 Å². The molecule has 3 aromatic rings. The van der Waals surface area contributed by atoms with E-state index in [4.69, 9.17) is 0 Å². The van der Waals surface area contributed by atoms with Gasteiger partial charge in [-0.2, -0.15) is 0 Å². The van der Waals surface area contributed by atoms with E-state index in [9.17, 15) is 10.2 Å². The molecule has 0 saturated heterocycles. The number of aromatic hydroxyl groups is 2. The van der Waals surface area contributed by atoms with Crippen molar-refractivity contribution < 1.29 is 10.2 Å². The van der Waals surface area contributed by atoms with Crippen LogP contribution in [0.4, 0.5) is 0 Å². The summed E-state index contributed by atoms with van der Waals surface area (Å²) >= 11 is 0.